The van der Waals surface area contributed by atoms with Crippen LogP contribution in [-0.4, -0.2) is 32.5 Å². The van der Waals surface area contributed by atoms with E-state index in [1.165, 1.54) is 0 Å². The van der Waals surface area contributed by atoms with Crippen LogP contribution in [-0.2, 0) is 19.6 Å². The fourth-order valence-electron chi connectivity index (χ4n) is 3.19. The predicted octanol–water partition coefficient (Wildman–Crippen LogP) is 4.15. The Bertz CT molecular complexity index is 1020. The zero-order valence-electron chi connectivity index (χ0n) is 19.0. The number of aliphatic imine (C=N–C) groups is 1. The fraction of sp³-hybridized carbons (Fsp3) is 0.231. The second-order valence-electron chi connectivity index (χ2n) is 7.30. The Hall–Kier alpha value is -3.07. The van der Waals surface area contributed by atoms with Crippen LogP contribution >= 0.6 is 24.0 Å². The van der Waals surface area contributed by atoms with Crippen molar-refractivity contribution in [3.8, 4) is 5.75 Å². The fourth-order valence-corrected chi connectivity index (χ4v) is 3.19. The van der Waals surface area contributed by atoms with Gasteiger partial charge >= 0.3 is 0 Å². The highest BCUT2D eigenvalue weighted by molar-refractivity contribution is 14.0. The molecule has 7 heteroatoms. The molecule has 0 saturated carbocycles. The zero-order valence-corrected chi connectivity index (χ0v) is 21.3. The van der Waals surface area contributed by atoms with E-state index in [1.54, 1.807) is 14.1 Å². The van der Waals surface area contributed by atoms with Gasteiger partial charge in [0.15, 0.2) is 5.96 Å². The van der Waals surface area contributed by atoms with Gasteiger partial charge in [0.2, 0.25) is 0 Å². The number of benzene rings is 3. The van der Waals surface area contributed by atoms with Crippen LogP contribution in [0.5, 0.6) is 5.75 Å². The van der Waals surface area contributed by atoms with Gasteiger partial charge in [0.05, 0.1) is 0 Å². The van der Waals surface area contributed by atoms with Crippen LogP contribution in [0.25, 0.3) is 0 Å². The lowest BCUT2D eigenvalue weighted by Crippen LogP contribution is -2.37. The molecule has 0 atom stereocenters. The summed E-state index contributed by atoms with van der Waals surface area (Å²) in [6.07, 6.45) is 0.791. The first-order valence-electron chi connectivity index (χ1n) is 10.7. The van der Waals surface area contributed by atoms with Gasteiger partial charge in [0, 0.05) is 32.7 Å². The maximum absolute atomic E-state index is 11.8. The Kier molecular flexibility index (Phi) is 11.2. The van der Waals surface area contributed by atoms with Crippen molar-refractivity contribution < 1.29 is 9.53 Å². The summed E-state index contributed by atoms with van der Waals surface area (Å²) < 4.78 is 5.84. The van der Waals surface area contributed by atoms with E-state index in [0.717, 1.165) is 34.8 Å². The number of rotatable bonds is 9. The molecule has 3 aromatic carbocycles. The summed E-state index contributed by atoms with van der Waals surface area (Å²) in [4.78, 5) is 16.1. The number of carbonyl (C=O) groups excluding carboxylic acids is 1. The molecule has 0 aromatic heterocycles. The van der Waals surface area contributed by atoms with Gasteiger partial charge in [-0.3, -0.25) is 9.79 Å². The van der Waals surface area contributed by atoms with E-state index in [2.05, 4.69) is 33.1 Å². The second-order valence-corrected chi connectivity index (χ2v) is 7.30. The molecule has 174 valence electrons. The minimum Gasteiger partial charge on any atom is -0.489 e. The van der Waals surface area contributed by atoms with Gasteiger partial charge in [-0.1, -0.05) is 54.6 Å². The second kappa shape index (κ2) is 14.2. The summed E-state index contributed by atoms with van der Waals surface area (Å²) in [5.74, 6) is 1.50. The van der Waals surface area contributed by atoms with Crippen molar-refractivity contribution in [3.63, 3.8) is 0 Å². The summed E-state index contributed by atoms with van der Waals surface area (Å²) >= 11 is 0. The molecular formula is C26H31IN4O2. The van der Waals surface area contributed by atoms with Gasteiger partial charge in [-0.25, -0.2) is 0 Å². The van der Waals surface area contributed by atoms with Crippen molar-refractivity contribution in [2.45, 2.75) is 19.6 Å². The van der Waals surface area contributed by atoms with E-state index in [4.69, 9.17) is 4.74 Å². The standard InChI is InChI=1S/C26H30N4O2.HI/c1-27-25(31)23-10-6-9-20(17-23)15-16-29-26(28-2)30-18-21-11-13-24(14-12-21)32-19-22-7-4-3-5-8-22;/h3-14,17H,15-16,18-19H2,1-2H3,(H,27,31)(H2,28,29,30);1H. The summed E-state index contributed by atoms with van der Waals surface area (Å²) in [6, 6.07) is 25.8. The van der Waals surface area contributed by atoms with Crippen LogP contribution in [0.2, 0.25) is 0 Å². The molecule has 0 aliphatic rings. The lowest BCUT2D eigenvalue weighted by atomic mass is 10.1. The molecule has 0 bridgehead atoms. The SMILES string of the molecule is CN=C(NCCc1cccc(C(=O)NC)c1)NCc1ccc(OCc2ccccc2)cc1.I. The molecule has 3 rings (SSSR count). The van der Waals surface area contributed by atoms with E-state index in [0.29, 0.717) is 25.3 Å². The molecule has 0 heterocycles. The zero-order chi connectivity index (χ0) is 22.6. The largest absolute Gasteiger partial charge is 0.489 e. The normalized spacial score (nSPS) is 10.7. The van der Waals surface area contributed by atoms with E-state index < -0.39 is 0 Å². The van der Waals surface area contributed by atoms with Crippen molar-refractivity contribution in [1.82, 2.24) is 16.0 Å². The first-order chi connectivity index (χ1) is 15.7. The number of hydrogen-bond donors (Lipinski definition) is 3. The van der Waals surface area contributed by atoms with Crippen LogP contribution in [0.1, 0.15) is 27.0 Å². The lowest BCUT2D eigenvalue weighted by molar-refractivity contribution is 0.0963. The highest BCUT2D eigenvalue weighted by atomic mass is 127. The maximum Gasteiger partial charge on any atom is 0.251 e. The molecule has 0 spiro atoms. The number of ether oxygens (including phenoxy) is 1. The summed E-state index contributed by atoms with van der Waals surface area (Å²) in [5.41, 5.74) is 4.05. The third-order valence-electron chi connectivity index (χ3n) is 4.98. The van der Waals surface area contributed by atoms with Crippen molar-refractivity contribution in [3.05, 3.63) is 101 Å². The van der Waals surface area contributed by atoms with Crippen LogP contribution in [0.15, 0.2) is 83.9 Å². The van der Waals surface area contributed by atoms with Crippen molar-refractivity contribution >= 4 is 35.8 Å². The Morgan fingerprint density at radius 3 is 2.30 bits per heavy atom. The van der Waals surface area contributed by atoms with Crippen LogP contribution in [0.4, 0.5) is 0 Å². The average Bonchev–Trinajstić information content (AvgIpc) is 2.85. The molecule has 6 nitrogen and oxygen atoms in total. The van der Waals surface area contributed by atoms with E-state index in [-0.39, 0.29) is 29.9 Å². The molecule has 0 aliphatic heterocycles. The molecule has 0 fully saturated rings. The highest BCUT2D eigenvalue weighted by Crippen LogP contribution is 2.14. The minimum atomic E-state index is -0.0752. The van der Waals surface area contributed by atoms with Crippen LogP contribution < -0.4 is 20.7 Å². The average molecular weight is 558 g/mol. The topological polar surface area (TPSA) is 74.8 Å². The first-order valence-corrected chi connectivity index (χ1v) is 10.7. The maximum atomic E-state index is 11.8. The van der Waals surface area contributed by atoms with E-state index in [1.807, 2.05) is 66.7 Å². The Labute approximate surface area is 212 Å². The number of halogens is 1. The molecule has 1 amide bonds. The third kappa shape index (κ3) is 8.76. The number of amides is 1. The third-order valence-corrected chi connectivity index (χ3v) is 4.98. The van der Waals surface area contributed by atoms with Crippen molar-refractivity contribution in [1.29, 1.82) is 0 Å². The number of nitrogens with one attached hydrogen (secondary N) is 3. The minimum absolute atomic E-state index is 0. The molecule has 0 saturated heterocycles. The molecule has 0 radical (unpaired) electrons. The van der Waals surface area contributed by atoms with E-state index in [9.17, 15) is 4.79 Å². The summed E-state index contributed by atoms with van der Waals surface area (Å²) in [5, 5.41) is 9.29. The molecule has 0 unspecified atom stereocenters. The van der Waals surface area contributed by atoms with Crippen molar-refractivity contribution in [2.75, 3.05) is 20.6 Å². The Balaban J connectivity index is 0.00000385. The predicted molar refractivity (Wildman–Crippen MR) is 144 cm³/mol. The van der Waals surface area contributed by atoms with Gasteiger partial charge in [0.1, 0.15) is 12.4 Å². The summed E-state index contributed by atoms with van der Waals surface area (Å²) in [6.45, 7) is 1.93. The van der Waals surface area contributed by atoms with Gasteiger partial charge < -0.3 is 20.7 Å². The number of carbonyl (C=O) groups is 1. The molecule has 33 heavy (non-hydrogen) atoms. The quantitative estimate of drug-likeness (QED) is 0.210. The first kappa shape index (κ1) is 26.2. The smallest absolute Gasteiger partial charge is 0.251 e. The van der Waals surface area contributed by atoms with Crippen LogP contribution in [0, 0.1) is 0 Å². The van der Waals surface area contributed by atoms with Gasteiger partial charge in [-0.05, 0) is 47.4 Å². The monoisotopic (exact) mass is 558 g/mol. The Morgan fingerprint density at radius 2 is 1.61 bits per heavy atom. The van der Waals surface area contributed by atoms with Crippen molar-refractivity contribution in [2.24, 2.45) is 4.99 Å². The van der Waals surface area contributed by atoms with Gasteiger partial charge in [-0.15, -0.1) is 24.0 Å². The highest BCUT2D eigenvalue weighted by Gasteiger charge is 2.04. The number of hydrogen-bond acceptors (Lipinski definition) is 3. The lowest BCUT2D eigenvalue weighted by Gasteiger charge is -2.13. The van der Waals surface area contributed by atoms with E-state index >= 15 is 0 Å². The van der Waals surface area contributed by atoms with Gasteiger partial charge in [0.25, 0.3) is 5.91 Å². The summed E-state index contributed by atoms with van der Waals surface area (Å²) in [7, 11) is 3.39. The number of guanidine groups is 1. The number of nitrogens with zero attached hydrogens (tertiary/aromatic N) is 1. The molecule has 3 aromatic rings. The van der Waals surface area contributed by atoms with Gasteiger partial charge in [-0.2, -0.15) is 0 Å². The van der Waals surface area contributed by atoms with Crippen LogP contribution in [0.3, 0.4) is 0 Å². The molecule has 3 N–H and O–H groups in total. The molecular weight excluding hydrogens is 527 g/mol. The Morgan fingerprint density at radius 1 is 0.879 bits per heavy atom. The molecule has 0 aliphatic carbocycles.